The summed E-state index contributed by atoms with van der Waals surface area (Å²) in [5, 5.41) is 4.96. The first-order valence-electron chi connectivity index (χ1n) is 9.29. The molecule has 3 heterocycles. The van der Waals surface area contributed by atoms with E-state index >= 15 is 0 Å². The number of amides is 1. The van der Waals surface area contributed by atoms with Crippen LogP contribution in [0.1, 0.15) is 28.5 Å². The summed E-state index contributed by atoms with van der Waals surface area (Å²) in [7, 11) is 1.62. The van der Waals surface area contributed by atoms with Crippen molar-refractivity contribution in [3.05, 3.63) is 70.3 Å². The number of nitrogens with one attached hydrogen (secondary N) is 1. The van der Waals surface area contributed by atoms with E-state index in [4.69, 9.17) is 4.74 Å². The molecule has 0 aliphatic carbocycles. The first-order valence-corrected chi connectivity index (χ1v) is 11.0. The molecule has 0 radical (unpaired) electrons. The summed E-state index contributed by atoms with van der Waals surface area (Å²) < 4.78 is 6.22. The number of carbonyl (C=O) groups is 1. The van der Waals surface area contributed by atoms with Crippen LogP contribution >= 0.6 is 22.7 Å². The molecule has 4 aromatic rings. The Morgan fingerprint density at radius 2 is 2.03 bits per heavy atom. The van der Waals surface area contributed by atoms with E-state index in [1.807, 2.05) is 36.1 Å². The van der Waals surface area contributed by atoms with Gasteiger partial charge in [0.25, 0.3) is 5.91 Å². The number of hydrogen-bond donors (Lipinski definition) is 1. The highest BCUT2D eigenvalue weighted by Crippen LogP contribution is 2.28. The third kappa shape index (κ3) is 4.53. The maximum Gasteiger partial charge on any atom is 0.270 e. The first-order chi connectivity index (χ1) is 14.1. The summed E-state index contributed by atoms with van der Waals surface area (Å²) in [5.74, 6) is -0.176. The van der Waals surface area contributed by atoms with E-state index in [1.54, 1.807) is 29.8 Å². The normalized spacial score (nSPS) is 12.2. The molecule has 1 aromatic carbocycles. The maximum atomic E-state index is 12.6. The predicted molar refractivity (Wildman–Crippen MR) is 119 cm³/mol. The van der Waals surface area contributed by atoms with E-state index in [0.717, 1.165) is 27.1 Å². The van der Waals surface area contributed by atoms with Gasteiger partial charge in [0.1, 0.15) is 5.69 Å². The lowest BCUT2D eigenvalue weighted by molar-refractivity contribution is 0.0901. The fraction of sp³-hybridized carbons (Fsp3) is 0.227. The summed E-state index contributed by atoms with van der Waals surface area (Å²) in [5.41, 5.74) is 6.61. The van der Waals surface area contributed by atoms with E-state index in [9.17, 15) is 4.79 Å². The van der Waals surface area contributed by atoms with Crippen molar-refractivity contribution < 1.29 is 9.53 Å². The number of fused-ring (bicyclic) bond motifs is 1. The molecule has 5 nitrogen and oxygen atoms in total. The molecular weight excluding hydrogens is 402 g/mol. The van der Waals surface area contributed by atoms with Gasteiger partial charge in [0.2, 0.25) is 0 Å². The molecule has 1 N–H and O–H groups in total. The number of rotatable bonds is 7. The van der Waals surface area contributed by atoms with Crippen LogP contribution in [0, 0.1) is 0 Å². The minimum absolute atomic E-state index is 0.0739. The van der Waals surface area contributed by atoms with Crippen LogP contribution in [0.3, 0.4) is 0 Å². The van der Waals surface area contributed by atoms with Crippen molar-refractivity contribution in [2.24, 2.45) is 0 Å². The molecule has 7 heteroatoms. The molecule has 1 atom stereocenters. The Bertz CT molecular complexity index is 1110. The quantitative estimate of drug-likeness (QED) is 0.465. The molecule has 0 spiro atoms. The molecule has 0 bridgehead atoms. The number of thiazole rings is 1. The molecule has 1 amide bonds. The summed E-state index contributed by atoms with van der Waals surface area (Å²) in [6.45, 7) is 2.38. The monoisotopic (exact) mass is 423 g/mol. The molecule has 0 aliphatic heterocycles. The van der Waals surface area contributed by atoms with E-state index in [-0.39, 0.29) is 11.9 Å². The number of benzene rings is 1. The number of ether oxygens (including phenoxy) is 1. The Morgan fingerprint density at radius 1 is 1.21 bits per heavy atom. The molecule has 3 aromatic heterocycles. The van der Waals surface area contributed by atoms with Crippen molar-refractivity contribution in [2.45, 2.75) is 19.4 Å². The van der Waals surface area contributed by atoms with Crippen LogP contribution in [0.15, 0.2) is 53.5 Å². The number of aromatic nitrogens is 2. The standard InChI is InChI=1S/C22H21N3O2S2/c1-14(12-27-2)24-22(26)19-10-17(21-18(25-19)7-8-28-21)9-15-3-5-16(6-4-15)20-11-23-13-29-20/h3-8,10-11,13-14H,9,12H2,1-2H3,(H,24,26). The van der Waals surface area contributed by atoms with Gasteiger partial charge in [-0.1, -0.05) is 24.3 Å². The number of thiophene rings is 1. The number of hydrogen-bond acceptors (Lipinski definition) is 6. The highest BCUT2D eigenvalue weighted by atomic mass is 32.1. The van der Waals surface area contributed by atoms with Gasteiger partial charge in [-0.05, 0) is 47.5 Å². The average Bonchev–Trinajstić information content (AvgIpc) is 3.40. The fourth-order valence-corrected chi connectivity index (χ4v) is 4.70. The third-order valence-electron chi connectivity index (χ3n) is 4.58. The van der Waals surface area contributed by atoms with Gasteiger partial charge in [0.05, 0.1) is 27.2 Å². The van der Waals surface area contributed by atoms with Gasteiger partial charge < -0.3 is 10.1 Å². The van der Waals surface area contributed by atoms with Crippen LogP contribution in [0.25, 0.3) is 20.7 Å². The van der Waals surface area contributed by atoms with Gasteiger partial charge in [-0.15, -0.1) is 22.7 Å². The second-order valence-electron chi connectivity index (χ2n) is 6.87. The Balaban J connectivity index is 1.59. The highest BCUT2D eigenvalue weighted by Gasteiger charge is 2.15. The van der Waals surface area contributed by atoms with Crippen LogP contribution in [0.5, 0.6) is 0 Å². The van der Waals surface area contributed by atoms with Crippen molar-refractivity contribution in [2.75, 3.05) is 13.7 Å². The average molecular weight is 424 g/mol. The van der Waals surface area contributed by atoms with Crippen LogP contribution in [0.4, 0.5) is 0 Å². The Labute approximate surface area is 177 Å². The van der Waals surface area contributed by atoms with E-state index in [2.05, 4.69) is 39.6 Å². The minimum atomic E-state index is -0.176. The molecule has 0 fully saturated rings. The zero-order chi connectivity index (χ0) is 20.2. The number of pyridine rings is 1. The van der Waals surface area contributed by atoms with Crippen molar-refractivity contribution >= 4 is 38.8 Å². The minimum Gasteiger partial charge on any atom is -0.383 e. The van der Waals surface area contributed by atoms with Gasteiger partial charge in [-0.3, -0.25) is 9.78 Å². The molecule has 0 aliphatic rings. The SMILES string of the molecule is COCC(C)NC(=O)c1cc(Cc2ccc(-c3cncs3)cc2)c2sccc2n1. The van der Waals surface area contributed by atoms with Crippen molar-refractivity contribution in [3.63, 3.8) is 0 Å². The largest absolute Gasteiger partial charge is 0.383 e. The van der Waals surface area contributed by atoms with Gasteiger partial charge >= 0.3 is 0 Å². The summed E-state index contributed by atoms with van der Waals surface area (Å²) in [6, 6.07) is 12.3. The fourth-order valence-electron chi connectivity index (χ4n) is 3.23. The van der Waals surface area contributed by atoms with Crippen LogP contribution in [-0.2, 0) is 11.2 Å². The molecule has 0 saturated carbocycles. The van der Waals surface area contributed by atoms with E-state index in [1.165, 1.54) is 11.1 Å². The van der Waals surface area contributed by atoms with Crippen molar-refractivity contribution in [1.82, 2.24) is 15.3 Å². The maximum absolute atomic E-state index is 12.6. The smallest absolute Gasteiger partial charge is 0.270 e. The lowest BCUT2D eigenvalue weighted by atomic mass is 10.0. The number of carbonyl (C=O) groups excluding carboxylic acids is 1. The lowest BCUT2D eigenvalue weighted by Gasteiger charge is -2.13. The zero-order valence-electron chi connectivity index (χ0n) is 16.2. The summed E-state index contributed by atoms with van der Waals surface area (Å²) in [6.07, 6.45) is 2.63. The zero-order valence-corrected chi connectivity index (χ0v) is 17.8. The number of methoxy groups -OCH3 is 1. The topological polar surface area (TPSA) is 64.1 Å². The van der Waals surface area contributed by atoms with Crippen molar-refractivity contribution in [1.29, 1.82) is 0 Å². The lowest BCUT2D eigenvalue weighted by Crippen LogP contribution is -2.36. The van der Waals surface area contributed by atoms with E-state index in [0.29, 0.717) is 12.3 Å². The molecule has 0 saturated heterocycles. The first kappa shape index (κ1) is 19.7. The third-order valence-corrected chi connectivity index (χ3v) is 6.38. The van der Waals surface area contributed by atoms with E-state index < -0.39 is 0 Å². The Hall–Kier alpha value is -2.61. The second kappa shape index (κ2) is 8.82. The summed E-state index contributed by atoms with van der Waals surface area (Å²) in [4.78, 5) is 22.5. The Morgan fingerprint density at radius 3 is 2.76 bits per heavy atom. The molecule has 4 rings (SSSR count). The number of nitrogens with zero attached hydrogens (tertiary/aromatic N) is 2. The predicted octanol–water partition coefficient (Wildman–Crippen LogP) is 4.78. The van der Waals surface area contributed by atoms with Gasteiger partial charge in [0.15, 0.2) is 0 Å². The second-order valence-corrected chi connectivity index (χ2v) is 8.67. The molecule has 1 unspecified atom stereocenters. The summed E-state index contributed by atoms with van der Waals surface area (Å²) >= 11 is 3.29. The van der Waals surface area contributed by atoms with Crippen LogP contribution in [0.2, 0.25) is 0 Å². The molecule has 148 valence electrons. The molecular formula is C22H21N3O2S2. The van der Waals surface area contributed by atoms with Gasteiger partial charge in [-0.2, -0.15) is 0 Å². The van der Waals surface area contributed by atoms with Gasteiger partial charge in [-0.25, -0.2) is 4.98 Å². The Kier molecular flexibility index (Phi) is 5.99. The highest BCUT2D eigenvalue weighted by molar-refractivity contribution is 7.17. The van der Waals surface area contributed by atoms with Gasteiger partial charge in [0, 0.05) is 19.3 Å². The van der Waals surface area contributed by atoms with Crippen molar-refractivity contribution in [3.8, 4) is 10.4 Å². The van der Waals surface area contributed by atoms with Crippen LogP contribution < -0.4 is 5.32 Å². The molecule has 29 heavy (non-hydrogen) atoms. The van der Waals surface area contributed by atoms with Crippen LogP contribution in [-0.4, -0.2) is 35.6 Å².